The molecule has 0 aliphatic carbocycles. The van der Waals surface area contributed by atoms with E-state index in [1.807, 2.05) is 35.1 Å². The number of anilines is 1. The molecule has 0 atom stereocenters. The van der Waals surface area contributed by atoms with Gasteiger partial charge in [-0.3, -0.25) is 9.48 Å². The summed E-state index contributed by atoms with van der Waals surface area (Å²) in [6, 6.07) is 8.11. The molecule has 2 aromatic heterocycles. The Labute approximate surface area is 133 Å². The molecule has 3 heterocycles. The number of para-hydroxylation sites is 1. The second-order valence-corrected chi connectivity index (χ2v) is 5.75. The summed E-state index contributed by atoms with van der Waals surface area (Å²) < 4.78 is 7.29. The predicted molar refractivity (Wildman–Crippen MR) is 87.6 cm³/mol. The number of nitrogens with one attached hydrogen (secondary N) is 2. The van der Waals surface area contributed by atoms with Crippen LogP contribution in [0.3, 0.4) is 0 Å². The molecule has 0 spiro atoms. The van der Waals surface area contributed by atoms with Crippen molar-refractivity contribution in [3.63, 3.8) is 0 Å². The first-order chi connectivity index (χ1) is 11.3. The Bertz CT molecular complexity index is 830. The molecule has 2 N–H and O–H groups in total. The number of rotatable bonds is 3. The molecule has 23 heavy (non-hydrogen) atoms. The number of nitrogens with zero attached hydrogens (tertiary/aromatic N) is 2. The second-order valence-electron chi connectivity index (χ2n) is 5.75. The first-order valence-corrected chi connectivity index (χ1v) is 7.80. The van der Waals surface area contributed by atoms with Crippen LogP contribution < -0.4 is 5.32 Å². The van der Waals surface area contributed by atoms with Gasteiger partial charge < -0.3 is 15.0 Å². The number of benzene rings is 1. The fourth-order valence-corrected chi connectivity index (χ4v) is 3.01. The number of ether oxygens (including phenoxy) is 1. The van der Waals surface area contributed by atoms with Gasteiger partial charge in [-0.1, -0.05) is 18.2 Å². The molecule has 0 saturated carbocycles. The van der Waals surface area contributed by atoms with Gasteiger partial charge in [0.1, 0.15) is 0 Å². The van der Waals surface area contributed by atoms with Crippen LogP contribution in [0.25, 0.3) is 10.9 Å². The Kier molecular flexibility index (Phi) is 3.59. The van der Waals surface area contributed by atoms with Crippen molar-refractivity contribution in [3.8, 4) is 0 Å². The van der Waals surface area contributed by atoms with E-state index < -0.39 is 0 Å². The van der Waals surface area contributed by atoms with Gasteiger partial charge in [-0.2, -0.15) is 5.10 Å². The lowest BCUT2D eigenvalue weighted by atomic mass is 10.1. The molecule has 4 rings (SSSR count). The van der Waals surface area contributed by atoms with Crippen LogP contribution in [0.1, 0.15) is 29.2 Å². The molecule has 1 aliphatic heterocycles. The summed E-state index contributed by atoms with van der Waals surface area (Å²) in [5.74, 6) is -0.131. The number of hydrogen-bond donors (Lipinski definition) is 2. The monoisotopic (exact) mass is 310 g/mol. The second kappa shape index (κ2) is 5.89. The molecule has 0 unspecified atom stereocenters. The normalized spacial score (nSPS) is 15.8. The Morgan fingerprint density at radius 1 is 1.30 bits per heavy atom. The van der Waals surface area contributed by atoms with Gasteiger partial charge in [-0.15, -0.1) is 0 Å². The van der Waals surface area contributed by atoms with Crippen LogP contribution in [0, 0.1) is 0 Å². The smallest absolute Gasteiger partial charge is 0.257 e. The van der Waals surface area contributed by atoms with Crippen LogP contribution in [0.5, 0.6) is 0 Å². The van der Waals surface area contributed by atoms with Crippen molar-refractivity contribution >= 4 is 22.5 Å². The molecule has 0 bridgehead atoms. The largest absolute Gasteiger partial charge is 0.381 e. The highest BCUT2D eigenvalue weighted by molar-refractivity contribution is 6.12. The number of hydrogen-bond acceptors (Lipinski definition) is 3. The summed E-state index contributed by atoms with van der Waals surface area (Å²) in [6.07, 6.45) is 7.24. The van der Waals surface area contributed by atoms with Crippen molar-refractivity contribution in [2.24, 2.45) is 0 Å². The lowest BCUT2D eigenvalue weighted by Gasteiger charge is -2.22. The Morgan fingerprint density at radius 3 is 3.00 bits per heavy atom. The third-order valence-electron chi connectivity index (χ3n) is 4.26. The van der Waals surface area contributed by atoms with Gasteiger partial charge in [0, 0.05) is 36.5 Å². The summed E-state index contributed by atoms with van der Waals surface area (Å²) in [4.78, 5) is 15.6. The van der Waals surface area contributed by atoms with E-state index in [2.05, 4.69) is 15.4 Å². The van der Waals surface area contributed by atoms with Crippen molar-refractivity contribution in [2.45, 2.75) is 18.9 Å². The third kappa shape index (κ3) is 2.73. The van der Waals surface area contributed by atoms with E-state index in [-0.39, 0.29) is 5.91 Å². The number of aromatic nitrogens is 3. The van der Waals surface area contributed by atoms with Crippen LogP contribution in [0.2, 0.25) is 0 Å². The average molecular weight is 310 g/mol. The summed E-state index contributed by atoms with van der Waals surface area (Å²) in [5.41, 5.74) is 2.31. The van der Waals surface area contributed by atoms with Gasteiger partial charge in [0.05, 0.1) is 23.5 Å². The highest BCUT2D eigenvalue weighted by atomic mass is 16.5. The first kappa shape index (κ1) is 14.0. The van der Waals surface area contributed by atoms with Crippen LogP contribution >= 0.6 is 0 Å². The zero-order valence-electron chi connectivity index (χ0n) is 12.7. The van der Waals surface area contributed by atoms with E-state index >= 15 is 0 Å². The standard InChI is InChI=1S/C17H18N4O2/c22-17(15-10-18-16-4-2-1-3-14(15)16)20-12-9-19-21(11-12)13-5-7-23-8-6-13/h1-4,9-11,13,18H,5-8H2,(H,20,22). The topological polar surface area (TPSA) is 71.9 Å². The fourth-order valence-electron chi connectivity index (χ4n) is 3.01. The Morgan fingerprint density at radius 2 is 2.13 bits per heavy atom. The highest BCUT2D eigenvalue weighted by Crippen LogP contribution is 2.23. The summed E-state index contributed by atoms with van der Waals surface area (Å²) in [7, 11) is 0. The van der Waals surface area contributed by atoms with E-state index in [0.717, 1.165) is 37.0 Å². The van der Waals surface area contributed by atoms with E-state index in [9.17, 15) is 4.79 Å². The number of aromatic amines is 1. The van der Waals surface area contributed by atoms with E-state index in [1.165, 1.54) is 0 Å². The quantitative estimate of drug-likeness (QED) is 0.781. The summed E-state index contributed by atoms with van der Waals surface area (Å²) in [6.45, 7) is 1.53. The molecule has 6 heteroatoms. The van der Waals surface area contributed by atoms with Gasteiger partial charge in [-0.25, -0.2) is 0 Å². The number of carbonyl (C=O) groups is 1. The van der Waals surface area contributed by atoms with Crippen molar-refractivity contribution < 1.29 is 9.53 Å². The van der Waals surface area contributed by atoms with Gasteiger partial charge >= 0.3 is 0 Å². The van der Waals surface area contributed by atoms with Crippen molar-refractivity contribution in [3.05, 3.63) is 48.4 Å². The first-order valence-electron chi connectivity index (χ1n) is 7.80. The average Bonchev–Trinajstić information content (AvgIpc) is 3.22. The number of carbonyl (C=O) groups excluding carboxylic acids is 1. The SMILES string of the molecule is O=C(Nc1cnn(C2CCOCC2)c1)c1c[nH]c2ccccc12. The maximum atomic E-state index is 12.5. The Balaban J connectivity index is 1.51. The Hall–Kier alpha value is -2.60. The van der Waals surface area contributed by atoms with E-state index in [0.29, 0.717) is 17.3 Å². The van der Waals surface area contributed by atoms with Crippen LogP contribution in [0.4, 0.5) is 5.69 Å². The number of amides is 1. The minimum absolute atomic E-state index is 0.131. The summed E-state index contributed by atoms with van der Waals surface area (Å²) in [5, 5.41) is 8.22. The molecule has 3 aromatic rings. The van der Waals surface area contributed by atoms with Gasteiger partial charge in [-0.05, 0) is 18.9 Å². The minimum atomic E-state index is -0.131. The van der Waals surface area contributed by atoms with Crippen molar-refractivity contribution in [2.75, 3.05) is 18.5 Å². The summed E-state index contributed by atoms with van der Waals surface area (Å²) >= 11 is 0. The van der Waals surface area contributed by atoms with Crippen LogP contribution in [-0.2, 0) is 4.74 Å². The van der Waals surface area contributed by atoms with Gasteiger partial charge in [0.15, 0.2) is 0 Å². The maximum absolute atomic E-state index is 12.5. The molecule has 1 aliphatic rings. The van der Waals surface area contributed by atoms with Gasteiger partial charge in [0.25, 0.3) is 5.91 Å². The van der Waals surface area contributed by atoms with E-state index in [4.69, 9.17) is 4.74 Å². The van der Waals surface area contributed by atoms with Crippen LogP contribution in [-0.4, -0.2) is 33.9 Å². The molecular formula is C17H18N4O2. The van der Waals surface area contributed by atoms with E-state index in [1.54, 1.807) is 12.4 Å². The predicted octanol–water partition coefficient (Wildman–Crippen LogP) is 2.97. The number of H-pyrrole nitrogens is 1. The molecule has 0 radical (unpaired) electrons. The molecule has 118 valence electrons. The molecule has 6 nitrogen and oxygen atoms in total. The highest BCUT2D eigenvalue weighted by Gasteiger charge is 2.17. The fraction of sp³-hybridized carbons (Fsp3) is 0.294. The molecule has 1 amide bonds. The molecule has 1 fully saturated rings. The lowest BCUT2D eigenvalue weighted by Crippen LogP contribution is -2.19. The molecule has 1 aromatic carbocycles. The lowest BCUT2D eigenvalue weighted by molar-refractivity contribution is 0.0662. The van der Waals surface area contributed by atoms with Crippen molar-refractivity contribution in [1.29, 1.82) is 0 Å². The maximum Gasteiger partial charge on any atom is 0.257 e. The molecule has 1 saturated heterocycles. The number of fused-ring (bicyclic) bond motifs is 1. The minimum Gasteiger partial charge on any atom is -0.381 e. The van der Waals surface area contributed by atoms with Crippen LogP contribution in [0.15, 0.2) is 42.9 Å². The molecular weight excluding hydrogens is 292 g/mol. The van der Waals surface area contributed by atoms with Gasteiger partial charge in [0.2, 0.25) is 0 Å². The third-order valence-corrected chi connectivity index (χ3v) is 4.26. The zero-order chi connectivity index (χ0) is 15.6. The van der Waals surface area contributed by atoms with Crippen molar-refractivity contribution in [1.82, 2.24) is 14.8 Å². The zero-order valence-corrected chi connectivity index (χ0v) is 12.7.